The Hall–Kier alpha value is -1.36. The highest BCUT2D eigenvalue weighted by atomic mass is 16.4. The SMILES string of the molecule is CCn1nc2c(c1C(=O)O)CN(C(C)C)C2. The van der Waals surface area contributed by atoms with Crippen molar-refractivity contribution in [3.63, 3.8) is 0 Å². The topological polar surface area (TPSA) is 58.4 Å². The van der Waals surface area contributed by atoms with Crippen LogP contribution in [0.4, 0.5) is 0 Å². The van der Waals surface area contributed by atoms with Gasteiger partial charge >= 0.3 is 5.97 Å². The van der Waals surface area contributed by atoms with E-state index in [9.17, 15) is 9.90 Å². The van der Waals surface area contributed by atoms with E-state index in [1.807, 2.05) is 6.92 Å². The summed E-state index contributed by atoms with van der Waals surface area (Å²) in [5, 5.41) is 13.6. The van der Waals surface area contributed by atoms with Crippen molar-refractivity contribution in [2.24, 2.45) is 0 Å². The Morgan fingerprint density at radius 2 is 2.19 bits per heavy atom. The Bertz CT molecular complexity index is 423. The van der Waals surface area contributed by atoms with Gasteiger partial charge in [0.25, 0.3) is 0 Å². The van der Waals surface area contributed by atoms with Crippen LogP contribution in [0.25, 0.3) is 0 Å². The Kier molecular flexibility index (Phi) is 2.71. The minimum atomic E-state index is -0.874. The van der Waals surface area contributed by atoms with Crippen LogP contribution in [0.2, 0.25) is 0 Å². The van der Waals surface area contributed by atoms with Crippen LogP contribution in [-0.2, 0) is 19.6 Å². The zero-order valence-corrected chi connectivity index (χ0v) is 9.90. The number of carbonyl (C=O) groups is 1. The summed E-state index contributed by atoms with van der Waals surface area (Å²) in [4.78, 5) is 13.4. The van der Waals surface area contributed by atoms with E-state index in [2.05, 4.69) is 23.8 Å². The standard InChI is InChI=1S/C11H17N3O2/c1-4-14-10(11(15)16)8-5-13(7(2)3)6-9(8)12-14/h7H,4-6H2,1-3H3,(H,15,16). The first-order valence-electron chi connectivity index (χ1n) is 5.60. The lowest BCUT2D eigenvalue weighted by molar-refractivity contribution is 0.0680. The molecule has 0 unspecified atom stereocenters. The number of aryl methyl sites for hydroxylation is 1. The van der Waals surface area contributed by atoms with Gasteiger partial charge in [-0.15, -0.1) is 0 Å². The molecule has 1 aromatic rings. The van der Waals surface area contributed by atoms with Gasteiger partial charge in [-0.2, -0.15) is 5.10 Å². The van der Waals surface area contributed by atoms with Crippen LogP contribution in [0.1, 0.15) is 42.5 Å². The molecular weight excluding hydrogens is 206 g/mol. The lowest BCUT2D eigenvalue weighted by atomic mass is 10.2. The quantitative estimate of drug-likeness (QED) is 0.839. The lowest BCUT2D eigenvalue weighted by Crippen LogP contribution is -2.26. The van der Waals surface area contributed by atoms with Crippen LogP contribution in [0, 0.1) is 0 Å². The summed E-state index contributed by atoms with van der Waals surface area (Å²) in [5.41, 5.74) is 2.18. The van der Waals surface area contributed by atoms with Crippen molar-refractivity contribution in [2.75, 3.05) is 0 Å². The fourth-order valence-electron chi connectivity index (χ4n) is 2.13. The molecule has 0 saturated heterocycles. The number of hydrogen-bond donors (Lipinski definition) is 1. The number of rotatable bonds is 3. The molecule has 1 aliphatic heterocycles. The third kappa shape index (κ3) is 1.61. The van der Waals surface area contributed by atoms with E-state index in [4.69, 9.17) is 0 Å². The summed E-state index contributed by atoms with van der Waals surface area (Å²) in [7, 11) is 0. The minimum absolute atomic E-state index is 0.362. The molecule has 0 aliphatic carbocycles. The van der Waals surface area contributed by atoms with Crippen molar-refractivity contribution in [3.8, 4) is 0 Å². The van der Waals surface area contributed by atoms with Crippen LogP contribution >= 0.6 is 0 Å². The Balaban J connectivity index is 2.38. The molecule has 0 amide bonds. The normalized spacial score (nSPS) is 15.8. The van der Waals surface area contributed by atoms with Gasteiger partial charge in [0.1, 0.15) is 0 Å². The van der Waals surface area contributed by atoms with Crippen molar-refractivity contribution < 1.29 is 9.90 Å². The maximum Gasteiger partial charge on any atom is 0.354 e. The van der Waals surface area contributed by atoms with Crippen molar-refractivity contribution in [1.82, 2.24) is 14.7 Å². The molecule has 88 valence electrons. The first-order chi connectivity index (χ1) is 7.54. The van der Waals surface area contributed by atoms with Gasteiger partial charge in [-0.05, 0) is 20.8 Å². The first-order valence-corrected chi connectivity index (χ1v) is 5.60. The molecular formula is C11H17N3O2. The first kappa shape index (κ1) is 11.1. The zero-order chi connectivity index (χ0) is 11.9. The number of hydrogen-bond acceptors (Lipinski definition) is 3. The fourth-order valence-corrected chi connectivity index (χ4v) is 2.13. The van der Waals surface area contributed by atoms with Gasteiger partial charge in [0.15, 0.2) is 5.69 Å². The predicted molar refractivity (Wildman–Crippen MR) is 59.2 cm³/mol. The largest absolute Gasteiger partial charge is 0.477 e. The Morgan fingerprint density at radius 3 is 2.69 bits per heavy atom. The number of aromatic nitrogens is 2. The zero-order valence-electron chi connectivity index (χ0n) is 9.90. The highest BCUT2D eigenvalue weighted by Crippen LogP contribution is 2.27. The molecule has 0 atom stereocenters. The lowest BCUT2D eigenvalue weighted by Gasteiger charge is -2.19. The van der Waals surface area contributed by atoms with Crippen LogP contribution in [0.3, 0.4) is 0 Å². The third-order valence-electron chi connectivity index (χ3n) is 3.08. The molecule has 0 bridgehead atoms. The van der Waals surface area contributed by atoms with Gasteiger partial charge in [-0.1, -0.05) is 0 Å². The summed E-state index contributed by atoms with van der Waals surface area (Å²) < 4.78 is 1.59. The molecule has 5 heteroatoms. The summed E-state index contributed by atoms with van der Waals surface area (Å²) in [6, 6.07) is 0.422. The second kappa shape index (κ2) is 3.90. The van der Waals surface area contributed by atoms with Crippen molar-refractivity contribution >= 4 is 5.97 Å². The second-order valence-corrected chi connectivity index (χ2v) is 4.39. The maximum absolute atomic E-state index is 11.2. The molecule has 2 heterocycles. The van der Waals surface area contributed by atoms with Crippen molar-refractivity contribution in [2.45, 2.75) is 46.4 Å². The molecule has 1 N–H and O–H groups in total. The highest BCUT2D eigenvalue weighted by molar-refractivity contribution is 5.88. The minimum Gasteiger partial charge on any atom is -0.477 e. The molecule has 0 aromatic carbocycles. The number of carboxylic acids is 1. The Labute approximate surface area is 94.7 Å². The average molecular weight is 223 g/mol. The monoisotopic (exact) mass is 223 g/mol. The van der Waals surface area contributed by atoms with Gasteiger partial charge in [-0.3, -0.25) is 9.58 Å². The molecule has 1 aromatic heterocycles. The fraction of sp³-hybridized carbons (Fsp3) is 0.636. The smallest absolute Gasteiger partial charge is 0.354 e. The molecule has 0 saturated carbocycles. The molecule has 2 rings (SSSR count). The van der Waals surface area contributed by atoms with Crippen LogP contribution < -0.4 is 0 Å². The summed E-state index contributed by atoms with van der Waals surface area (Å²) >= 11 is 0. The third-order valence-corrected chi connectivity index (χ3v) is 3.08. The van der Waals surface area contributed by atoms with Crippen molar-refractivity contribution in [3.05, 3.63) is 17.0 Å². The molecule has 0 radical (unpaired) electrons. The number of aromatic carboxylic acids is 1. The van der Waals surface area contributed by atoms with E-state index in [0.29, 0.717) is 24.8 Å². The van der Waals surface area contributed by atoms with E-state index < -0.39 is 5.97 Å². The molecule has 16 heavy (non-hydrogen) atoms. The Morgan fingerprint density at radius 1 is 1.50 bits per heavy atom. The molecule has 0 fully saturated rings. The molecule has 1 aliphatic rings. The van der Waals surface area contributed by atoms with Crippen LogP contribution in [0.5, 0.6) is 0 Å². The summed E-state index contributed by atoms with van der Waals surface area (Å²) in [6.07, 6.45) is 0. The number of carboxylic acid groups (broad SMARTS) is 1. The van der Waals surface area contributed by atoms with Gasteiger partial charge in [0.2, 0.25) is 0 Å². The number of fused-ring (bicyclic) bond motifs is 1. The van der Waals surface area contributed by atoms with E-state index >= 15 is 0 Å². The van der Waals surface area contributed by atoms with E-state index in [1.165, 1.54) is 0 Å². The van der Waals surface area contributed by atoms with Crippen LogP contribution in [-0.4, -0.2) is 31.8 Å². The van der Waals surface area contributed by atoms with Crippen molar-refractivity contribution in [1.29, 1.82) is 0 Å². The summed E-state index contributed by atoms with van der Waals surface area (Å²) in [5.74, 6) is -0.874. The second-order valence-electron chi connectivity index (χ2n) is 4.39. The summed E-state index contributed by atoms with van der Waals surface area (Å²) in [6.45, 7) is 8.21. The predicted octanol–water partition coefficient (Wildman–Crippen LogP) is 1.33. The maximum atomic E-state index is 11.2. The van der Waals surface area contributed by atoms with Gasteiger partial charge in [0.05, 0.1) is 5.69 Å². The van der Waals surface area contributed by atoms with E-state index in [1.54, 1.807) is 4.68 Å². The highest BCUT2D eigenvalue weighted by Gasteiger charge is 2.30. The van der Waals surface area contributed by atoms with Gasteiger partial charge in [0, 0.05) is 31.2 Å². The van der Waals surface area contributed by atoms with Gasteiger partial charge < -0.3 is 5.11 Å². The number of nitrogens with zero attached hydrogens (tertiary/aromatic N) is 3. The van der Waals surface area contributed by atoms with E-state index in [0.717, 1.165) is 17.8 Å². The van der Waals surface area contributed by atoms with Gasteiger partial charge in [-0.25, -0.2) is 4.79 Å². The molecule has 5 nitrogen and oxygen atoms in total. The molecule has 0 spiro atoms. The van der Waals surface area contributed by atoms with E-state index in [-0.39, 0.29) is 0 Å². The van der Waals surface area contributed by atoms with Crippen LogP contribution in [0.15, 0.2) is 0 Å². The average Bonchev–Trinajstić information content (AvgIpc) is 2.71.